The number of anilines is 2. The first kappa shape index (κ1) is 14.9. The summed E-state index contributed by atoms with van der Waals surface area (Å²) < 4.78 is 0. The van der Waals surface area contributed by atoms with Crippen LogP contribution >= 0.6 is 11.8 Å². The number of hydrogen-bond acceptors (Lipinski definition) is 2. The number of fused-ring (bicyclic) bond motifs is 5. The summed E-state index contributed by atoms with van der Waals surface area (Å²) in [7, 11) is 0. The van der Waals surface area contributed by atoms with Crippen LogP contribution in [-0.4, -0.2) is 4.98 Å². The van der Waals surface area contributed by atoms with Crippen molar-refractivity contribution in [2.45, 2.75) is 9.79 Å². The van der Waals surface area contributed by atoms with E-state index >= 15 is 0 Å². The molecule has 0 fully saturated rings. The van der Waals surface area contributed by atoms with Crippen molar-refractivity contribution in [1.29, 1.82) is 0 Å². The number of hydrogen-bond donors (Lipinski definition) is 2. The number of para-hydroxylation sites is 3. The molecule has 0 spiro atoms. The Hall–Kier alpha value is -3.17. The number of nitrogens with one attached hydrogen (secondary N) is 2. The molecule has 27 heavy (non-hydrogen) atoms. The predicted octanol–water partition coefficient (Wildman–Crippen LogP) is 7.20. The second kappa shape index (κ2) is 5.66. The van der Waals surface area contributed by atoms with Crippen molar-refractivity contribution in [3.05, 3.63) is 84.9 Å². The van der Waals surface area contributed by atoms with Crippen LogP contribution in [0, 0.1) is 0 Å². The number of benzene rings is 4. The van der Waals surface area contributed by atoms with Gasteiger partial charge in [-0.1, -0.05) is 66.4 Å². The summed E-state index contributed by atoms with van der Waals surface area (Å²) in [6.45, 7) is 0. The maximum Gasteiger partial charge on any atom is 0.0606 e. The van der Waals surface area contributed by atoms with Crippen LogP contribution in [0.4, 0.5) is 11.4 Å². The van der Waals surface area contributed by atoms with Crippen molar-refractivity contribution in [3.8, 4) is 11.1 Å². The average Bonchev–Trinajstić information content (AvgIpc) is 3.09. The quantitative estimate of drug-likeness (QED) is 0.323. The van der Waals surface area contributed by atoms with E-state index in [1.807, 2.05) is 11.8 Å². The first-order chi connectivity index (χ1) is 13.4. The van der Waals surface area contributed by atoms with Gasteiger partial charge in [0.2, 0.25) is 0 Å². The largest absolute Gasteiger partial charge is 0.354 e. The fourth-order valence-electron chi connectivity index (χ4n) is 3.92. The van der Waals surface area contributed by atoms with E-state index in [-0.39, 0.29) is 0 Å². The molecule has 4 aromatic carbocycles. The van der Waals surface area contributed by atoms with Crippen molar-refractivity contribution < 1.29 is 0 Å². The van der Waals surface area contributed by atoms with E-state index in [0.717, 1.165) is 0 Å². The van der Waals surface area contributed by atoms with Gasteiger partial charge in [0.15, 0.2) is 0 Å². The number of aromatic nitrogens is 1. The predicted molar refractivity (Wildman–Crippen MR) is 115 cm³/mol. The summed E-state index contributed by atoms with van der Waals surface area (Å²) in [5, 5.41) is 6.20. The van der Waals surface area contributed by atoms with Gasteiger partial charge in [0.1, 0.15) is 0 Å². The molecule has 6 rings (SSSR count). The van der Waals surface area contributed by atoms with E-state index in [1.54, 1.807) is 0 Å². The second-order valence-electron chi connectivity index (χ2n) is 6.83. The molecule has 0 unspecified atom stereocenters. The third-order valence-electron chi connectivity index (χ3n) is 5.21. The maximum absolute atomic E-state index is 3.65. The van der Waals surface area contributed by atoms with E-state index in [4.69, 9.17) is 0 Å². The molecule has 2 heterocycles. The fourth-order valence-corrected chi connectivity index (χ4v) is 4.94. The van der Waals surface area contributed by atoms with Gasteiger partial charge in [0.05, 0.1) is 11.4 Å². The lowest BCUT2D eigenvalue weighted by Gasteiger charge is -2.23. The summed E-state index contributed by atoms with van der Waals surface area (Å²) in [5.74, 6) is 0. The Morgan fingerprint density at radius 3 is 2.44 bits per heavy atom. The van der Waals surface area contributed by atoms with Crippen molar-refractivity contribution in [2.24, 2.45) is 0 Å². The Morgan fingerprint density at radius 2 is 1.44 bits per heavy atom. The number of H-pyrrole nitrogens is 1. The molecular weight excluding hydrogens is 348 g/mol. The van der Waals surface area contributed by atoms with Gasteiger partial charge in [-0.2, -0.15) is 0 Å². The normalized spacial score (nSPS) is 12.6. The Kier molecular flexibility index (Phi) is 3.13. The zero-order valence-corrected chi connectivity index (χ0v) is 15.3. The fraction of sp³-hybridized carbons (Fsp3) is 0. The molecular formula is C24H16N2S. The van der Waals surface area contributed by atoms with Gasteiger partial charge in [-0.15, -0.1) is 0 Å². The second-order valence-corrected chi connectivity index (χ2v) is 7.92. The highest BCUT2D eigenvalue weighted by molar-refractivity contribution is 7.99. The Bertz CT molecular complexity index is 1330. The summed E-state index contributed by atoms with van der Waals surface area (Å²) >= 11 is 1.83. The molecule has 1 aromatic heterocycles. The summed E-state index contributed by atoms with van der Waals surface area (Å²) in [5.41, 5.74) is 7.18. The smallest absolute Gasteiger partial charge is 0.0606 e. The van der Waals surface area contributed by atoms with Crippen LogP contribution < -0.4 is 5.32 Å². The van der Waals surface area contributed by atoms with Gasteiger partial charge in [-0.25, -0.2) is 0 Å². The lowest BCUT2D eigenvalue weighted by Crippen LogP contribution is -2.01. The van der Waals surface area contributed by atoms with Crippen LogP contribution in [0.2, 0.25) is 0 Å². The average molecular weight is 364 g/mol. The molecule has 128 valence electrons. The molecule has 3 heteroatoms. The molecule has 0 atom stereocenters. The van der Waals surface area contributed by atoms with Gasteiger partial charge >= 0.3 is 0 Å². The van der Waals surface area contributed by atoms with E-state index in [0.29, 0.717) is 0 Å². The molecule has 1 aliphatic heterocycles. The summed E-state index contributed by atoms with van der Waals surface area (Å²) in [4.78, 5) is 6.10. The molecule has 1 aliphatic rings. The molecule has 0 aliphatic carbocycles. The van der Waals surface area contributed by atoms with Crippen LogP contribution in [0.5, 0.6) is 0 Å². The lowest BCUT2D eigenvalue weighted by molar-refractivity contribution is 1.31. The molecule has 2 nitrogen and oxygen atoms in total. The minimum Gasteiger partial charge on any atom is -0.354 e. The van der Waals surface area contributed by atoms with E-state index in [1.165, 1.54) is 54.1 Å². The van der Waals surface area contributed by atoms with Crippen LogP contribution in [0.25, 0.3) is 32.9 Å². The lowest BCUT2D eigenvalue weighted by atomic mass is 10.0. The van der Waals surface area contributed by atoms with Crippen LogP contribution in [0.15, 0.2) is 94.7 Å². The minimum absolute atomic E-state index is 1.18. The Labute approximate surface area is 161 Å². The molecule has 0 saturated carbocycles. The molecule has 5 aromatic rings. The van der Waals surface area contributed by atoms with Gasteiger partial charge in [-0.3, -0.25) is 0 Å². The number of aromatic amines is 1. The highest BCUT2D eigenvalue weighted by Crippen LogP contribution is 2.48. The first-order valence-corrected chi connectivity index (χ1v) is 9.86. The van der Waals surface area contributed by atoms with E-state index < -0.39 is 0 Å². The zero-order valence-electron chi connectivity index (χ0n) is 14.5. The van der Waals surface area contributed by atoms with Crippen molar-refractivity contribution in [2.75, 3.05) is 5.32 Å². The zero-order chi connectivity index (χ0) is 17.8. The molecule has 0 amide bonds. The minimum atomic E-state index is 1.18. The van der Waals surface area contributed by atoms with Gasteiger partial charge < -0.3 is 10.3 Å². The van der Waals surface area contributed by atoms with Crippen molar-refractivity contribution in [1.82, 2.24) is 4.98 Å². The van der Waals surface area contributed by atoms with Crippen LogP contribution in [-0.2, 0) is 0 Å². The summed E-state index contributed by atoms with van der Waals surface area (Å²) in [6, 6.07) is 30.2. The van der Waals surface area contributed by atoms with E-state index in [9.17, 15) is 0 Å². The van der Waals surface area contributed by atoms with Crippen molar-refractivity contribution >= 4 is 44.9 Å². The standard InChI is InChI=1S/C24H16N2S/c1-2-8-19-17(6-1)18-13-12-15(14-21(18)25-19)16-7-5-11-23-24(16)26-20-9-3-4-10-22(20)27-23/h1-14,25-26H. The third-order valence-corrected chi connectivity index (χ3v) is 6.35. The van der Waals surface area contributed by atoms with Gasteiger partial charge in [0, 0.05) is 37.2 Å². The van der Waals surface area contributed by atoms with E-state index in [2.05, 4.69) is 95.2 Å². The number of rotatable bonds is 1. The van der Waals surface area contributed by atoms with Crippen molar-refractivity contribution in [3.63, 3.8) is 0 Å². The van der Waals surface area contributed by atoms with Gasteiger partial charge in [0.25, 0.3) is 0 Å². The van der Waals surface area contributed by atoms with Crippen LogP contribution in [0.3, 0.4) is 0 Å². The Morgan fingerprint density at radius 1 is 0.630 bits per heavy atom. The maximum atomic E-state index is 3.65. The SMILES string of the molecule is c1ccc2c(c1)Nc1c(cccc1-c1ccc3c(c1)[nH]c1ccccc13)S2. The first-order valence-electron chi connectivity index (χ1n) is 9.04. The highest BCUT2D eigenvalue weighted by atomic mass is 32.2. The topological polar surface area (TPSA) is 27.8 Å². The Balaban J connectivity index is 1.53. The molecule has 0 saturated heterocycles. The third kappa shape index (κ3) is 2.29. The molecule has 0 radical (unpaired) electrons. The van der Waals surface area contributed by atoms with Gasteiger partial charge in [-0.05, 0) is 35.9 Å². The molecule has 0 bridgehead atoms. The highest BCUT2D eigenvalue weighted by Gasteiger charge is 2.19. The molecule has 2 N–H and O–H groups in total. The monoisotopic (exact) mass is 364 g/mol. The summed E-state index contributed by atoms with van der Waals surface area (Å²) in [6.07, 6.45) is 0. The van der Waals surface area contributed by atoms with Crippen LogP contribution in [0.1, 0.15) is 0 Å².